The van der Waals surface area contributed by atoms with E-state index in [1.165, 1.54) is 68.5 Å². The summed E-state index contributed by atoms with van der Waals surface area (Å²) < 4.78 is 5.22. The summed E-state index contributed by atoms with van der Waals surface area (Å²) in [5.74, 6) is 0. The number of thiophene rings is 2. The van der Waals surface area contributed by atoms with Gasteiger partial charge < -0.3 is 0 Å². The van der Waals surface area contributed by atoms with E-state index in [9.17, 15) is 0 Å². The summed E-state index contributed by atoms with van der Waals surface area (Å²) >= 11 is 3.80. The van der Waals surface area contributed by atoms with Crippen molar-refractivity contribution in [1.82, 2.24) is 4.57 Å². The highest BCUT2D eigenvalue weighted by Crippen LogP contribution is 2.50. The molecular formula is C34H21NS2. The summed E-state index contributed by atoms with van der Waals surface area (Å²) in [7, 11) is 0. The molecule has 0 fully saturated rings. The molecule has 37 heavy (non-hydrogen) atoms. The van der Waals surface area contributed by atoms with Gasteiger partial charge in [-0.2, -0.15) is 0 Å². The van der Waals surface area contributed by atoms with Gasteiger partial charge in [-0.1, -0.05) is 115 Å². The molecule has 3 heterocycles. The molecule has 5 aromatic carbocycles. The van der Waals surface area contributed by atoms with Gasteiger partial charge in [0, 0.05) is 42.1 Å². The van der Waals surface area contributed by atoms with E-state index in [1.54, 1.807) is 0 Å². The molecule has 8 rings (SSSR count). The maximum Gasteiger partial charge on any atom is 0.110 e. The number of hydrogen-bond donors (Lipinski definition) is 0. The second-order valence-corrected chi connectivity index (χ2v) is 11.4. The molecule has 0 atom stereocenters. The van der Waals surface area contributed by atoms with E-state index in [2.05, 4.69) is 132 Å². The molecule has 0 saturated carbocycles. The lowest BCUT2D eigenvalue weighted by Gasteiger charge is -2.18. The minimum atomic E-state index is 1.23. The predicted molar refractivity (Wildman–Crippen MR) is 162 cm³/mol. The summed E-state index contributed by atoms with van der Waals surface area (Å²) in [5, 5.41) is 5.42. The summed E-state index contributed by atoms with van der Waals surface area (Å²) in [6.07, 6.45) is 0. The maximum absolute atomic E-state index is 2.56. The first kappa shape index (κ1) is 21.0. The Kier molecular flexibility index (Phi) is 4.63. The fourth-order valence-corrected chi connectivity index (χ4v) is 8.15. The molecule has 174 valence electrons. The number of hydrogen-bond acceptors (Lipinski definition) is 2. The Bertz CT molecular complexity index is 1930. The van der Waals surface area contributed by atoms with Crippen LogP contribution in [0.25, 0.3) is 68.5 Å². The lowest BCUT2D eigenvalue weighted by molar-refractivity contribution is 1.21. The van der Waals surface area contributed by atoms with Gasteiger partial charge in [0.25, 0.3) is 0 Å². The second-order valence-electron chi connectivity index (χ2n) is 9.33. The molecule has 0 aliphatic rings. The van der Waals surface area contributed by atoms with Crippen LogP contribution in [0.4, 0.5) is 0 Å². The third kappa shape index (κ3) is 3.08. The topological polar surface area (TPSA) is 4.93 Å². The van der Waals surface area contributed by atoms with Gasteiger partial charge in [0.2, 0.25) is 0 Å². The molecule has 0 amide bonds. The van der Waals surface area contributed by atoms with E-state index in [4.69, 9.17) is 0 Å². The summed E-state index contributed by atoms with van der Waals surface area (Å²) in [6, 6.07) is 46.1. The number of rotatable bonds is 3. The molecule has 3 heteroatoms. The molecule has 0 aliphatic heterocycles. The first-order valence-corrected chi connectivity index (χ1v) is 14.1. The molecule has 0 spiro atoms. The third-order valence-corrected chi connectivity index (χ3v) is 9.55. The van der Waals surface area contributed by atoms with Crippen molar-refractivity contribution in [2.75, 3.05) is 0 Å². The van der Waals surface area contributed by atoms with E-state index >= 15 is 0 Å². The third-order valence-electron chi connectivity index (χ3n) is 7.24. The van der Waals surface area contributed by atoms with Crippen molar-refractivity contribution in [2.45, 2.75) is 0 Å². The highest BCUT2D eigenvalue weighted by molar-refractivity contribution is 7.28. The SMILES string of the molecule is c1ccc(-c2cccc(-c3ccccc3)c2-n2c3sc4ccccc4c3c3c4ccccc4sc32)cc1. The van der Waals surface area contributed by atoms with Crippen LogP contribution >= 0.6 is 22.7 Å². The smallest absolute Gasteiger partial charge is 0.110 e. The Morgan fingerprint density at radius 1 is 0.405 bits per heavy atom. The van der Waals surface area contributed by atoms with E-state index in [0.29, 0.717) is 0 Å². The Hall–Kier alpha value is -4.18. The van der Waals surface area contributed by atoms with Crippen LogP contribution in [0.15, 0.2) is 127 Å². The van der Waals surface area contributed by atoms with E-state index in [0.717, 1.165) is 0 Å². The number of para-hydroxylation sites is 1. The van der Waals surface area contributed by atoms with Crippen LogP contribution in [0.5, 0.6) is 0 Å². The van der Waals surface area contributed by atoms with Crippen molar-refractivity contribution < 1.29 is 0 Å². The Morgan fingerprint density at radius 2 is 0.838 bits per heavy atom. The molecule has 0 aliphatic carbocycles. The molecule has 0 N–H and O–H groups in total. The zero-order valence-electron chi connectivity index (χ0n) is 19.9. The fourth-order valence-electron chi connectivity index (χ4n) is 5.64. The Labute approximate surface area is 222 Å². The van der Waals surface area contributed by atoms with Crippen LogP contribution in [0.2, 0.25) is 0 Å². The van der Waals surface area contributed by atoms with Crippen LogP contribution in [-0.2, 0) is 0 Å². The first-order valence-electron chi connectivity index (χ1n) is 12.5. The minimum Gasteiger partial charge on any atom is -0.291 e. The highest BCUT2D eigenvalue weighted by atomic mass is 32.1. The van der Waals surface area contributed by atoms with E-state index < -0.39 is 0 Å². The van der Waals surface area contributed by atoms with E-state index in [-0.39, 0.29) is 0 Å². The minimum absolute atomic E-state index is 1.23. The van der Waals surface area contributed by atoms with Crippen LogP contribution in [0.1, 0.15) is 0 Å². The van der Waals surface area contributed by atoms with Crippen LogP contribution in [-0.4, -0.2) is 4.57 Å². The second kappa shape index (κ2) is 8.17. The summed E-state index contributed by atoms with van der Waals surface area (Å²) in [6.45, 7) is 0. The van der Waals surface area contributed by atoms with Gasteiger partial charge in [0.1, 0.15) is 9.66 Å². The Morgan fingerprint density at radius 3 is 1.32 bits per heavy atom. The number of aromatic nitrogens is 1. The average Bonchev–Trinajstić information content (AvgIpc) is 3.61. The van der Waals surface area contributed by atoms with Crippen molar-refractivity contribution in [3.05, 3.63) is 127 Å². The van der Waals surface area contributed by atoms with Gasteiger partial charge in [-0.3, -0.25) is 4.57 Å². The summed E-state index contributed by atoms with van der Waals surface area (Å²) in [5.41, 5.74) is 6.20. The first-order chi connectivity index (χ1) is 18.4. The van der Waals surface area contributed by atoms with Crippen molar-refractivity contribution in [3.63, 3.8) is 0 Å². The number of nitrogens with zero attached hydrogens (tertiary/aromatic N) is 1. The average molecular weight is 508 g/mol. The quantitative estimate of drug-likeness (QED) is 0.224. The van der Waals surface area contributed by atoms with Crippen molar-refractivity contribution in [1.29, 1.82) is 0 Å². The Balaban J connectivity index is 1.62. The van der Waals surface area contributed by atoms with Gasteiger partial charge in [-0.25, -0.2) is 0 Å². The van der Waals surface area contributed by atoms with Crippen LogP contribution in [0.3, 0.4) is 0 Å². The van der Waals surface area contributed by atoms with Gasteiger partial charge in [-0.05, 0) is 23.3 Å². The van der Waals surface area contributed by atoms with Gasteiger partial charge >= 0.3 is 0 Å². The van der Waals surface area contributed by atoms with E-state index in [1.807, 2.05) is 22.7 Å². The molecule has 0 bridgehead atoms. The van der Waals surface area contributed by atoms with Crippen molar-refractivity contribution in [3.8, 4) is 27.9 Å². The normalized spacial score (nSPS) is 11.8. The van der Waals surface area contributed by atoms with Gasteiger partial charge in [-0.15, -0.1) is 22.7 Å². The lowest BCUT2D eigenvalue weighted by Crippen LogP contribution is -1.99. The molecule has 1 nitrogen and oxygen atoms in total. The maximum atomic E-state index is 2.56. The largest absolute Gasteiger partial charge is 0.291 e. The van der Waals surface area contributed by atoms with Gasteiger partial charge in [0.05, 0.1) is 5.69 Å². The standard InChI is InChI=1S/C34H21NS2/c1-3-12-22(13-4-1)24-18-11-19-25(23-14-5-2-6-15-23)32(24)35-33-30(26-16-7-9-20-28(26)36-33)31-27-17-8-10-21-29(27)37-34(31)35/h1-21H. The highest BCUT2D eigenvalue weighted by Gasteiger charge is 2.25. The van der Waals surface area contributed by atoms with Crippen LogP contribution in [0, 0.1) is 0 Å². The lowest BCUT2D eigenvalue weighted by atomic mass is 9.96. The van der Waals surface area contributed by atoms with Crippen molar-refractivity contribution in [2.24, 2.45) is 0 Å². The van der Waals surface area contributed by atoms with Gasteiger partial charge in [0.15, 0.2) is 0 Å². The molecular weight excluding hydrogens is 487 g/mol. The zero-order valence-corrected chi connectivity index (χ0v) is 21.5. The molecule has 8 aromatic rings. The fraction of sp³-hybridized carbons (Fsp3) is 0. The van der Waals surface area contributed by atoms with Crippen LogP contribution < -0.4 is 0 Å². The number of fused-ring (bicyclic) bond motifs is 7. The summed E-state index contributed by atoms with van der Waals surface area (Å²) in [4.78, 5) is 2.63. The number of benzene rings is 5. The molecule has 0 radical (unpaired) electrons. The predicted octanol–water partition coefficient (Wildman–Crippen LogP) is 10.5. The molecule has 3 aromatic heterocycles. The molecule has 0 saturated heterocycles. The monoisotopic (exact) mass is 507 g/mol. The zero-order chi connectivity index (χ0) is 24.3. The molecule has 0 unspecified atom stereocenters. The van der Waals surface area contributed by atoms with Crippen molar-refractivity contribution >= 4 is 63.3 Å².